The fourth-order valence-corrected chi connectivity index (χ4v) is 0.742. The Hall–Kier alpha value is 0.530. The van der Waals surface area contributed by atoms with Gasteiger partial charge >= 0.3 is 0 Å². The highest BCUT2D eigenvalue weighted by atomic mass is 127. The first kappa shape index (κ1) is 8.53. The highest BCUT2D eigenvalue weighted by Crippen LogP contribution is 1.75. The van der Waals surface area contributed by atoms with Gasteiger partial charge in [0.15, 0.2) is 0 Å². The molecule has 0 unspecified atom stereocenters. The van der Waals surface area contributed by atoms with Crippen LogP contribution in [0.2, 0.25) is 0 Å². The van der Waals surface area contributed by atoms with Gasteiger partial charge in [0.1, 0.15) is 4.55 Å². The number of rotatable bonds is 3. The molecule has 6 N–H and O–H groups in total. The Kier molecular flexibility index (Phi) is 3.77. The molecule has 0 aliphatic rings. The summed E-state index contributed by atoms with van der Waals surface area (Å²) >= 11 is 2.11. The molecule has 0 aromatic rings. The van der Waals surface area contributed by atoms with Gasteiger partial charge in [-0.15, -0.1) is 17.1 Å². The lowest BCUT2D eigenvalue weighted by Gasteiger charge is -2.22. The van der Waals surface area contributed by atoms with E-state index in [9.17, 15) is 0 Å². The molecule has 0 heterocycles. The summed E-state index contributed by atoms with van der Waals surface area (Å²) in [6.45, 7) is 0. The van der Waals surface area contributed by atoms with Crippen molar-refractivity contribution in [3.63, 3.8) is 0 Å². The van der Waals surface area contributed by atoms with Gasteiger partial charge in [-0.2, -0.15) is 0 Å². The molecule has 0 amide bonds. The number of hydrogen-bond donors (Lipinski definition) is 4. The summed E-state index contributed by atoms with van der Waals surface area (Å²) < 4.78 is 0.700. The standard InChI is InChI=1S/C2H11IN5/c1-6-8(4,5)7-2-3/h6-7H,2,4-5H2,1H3/q+1. The number of halogens is 1. The van der Waals surface area contributed by atoms with Gasteiger partial charge in [0.2, 0.25) is 0 Å². The molecule has 0 aromatic heterocycles. The van der Waals surface area contributed by atoms with Crippen LogP contribution in [0.1, 0.15) is 0 Å². The average Bonchev–Trinajstić information content (AvgIpc) is 1.67. The first-order valence-corrected chi connectivity index (χ1v) is 3.61. The molecule has 0 aliphatic carbocycles. The molecule has 6 heteroatoms. The van der Waals surface area contributed by atoms with Crippen LogP contribution >= 0.6 is 22.6 Å². The Bertz CT molecular complexity index is 63.4. The molecule has 0 rings (SSSR count). The van der Waals surface area contributed by atoms with Crippen molar-refractivity contribution in [1.82, 2.24) is 10.9 Å². The van der Waals surface area contributed by atoms with E-state index in [-0.39, 0.29) is 4.92 Å². The van der Waals surface area contributed by atoms with E-state index >= 15 is 0 Å². The molecule has 0 atom stereocenters. The fraction of sp³-hybridized carbons (Fsp3) is 1.00. The van der Waals surface area contributed by atoms with Gasteiger partial charge in [0.25, 0.3) is 0 Å². The number of alkyl halides is 1. The maximum atomic E-state index is 5.31. The molecule has 0 aliphatic heterocycles. The zero-order valence-corrected chi connectivity index (χ0v) is 6.84. The molecule has 0 fully saturated rings. The van der Waals surface area contributed by atoms with E-state index in [4.69, 9.17) is 11.7 Å². The molecule has 0 saturated heterocycles. The molecule has 0 spiro atoms. The summed E-state index contributed by atoms with van der Waals surface area (Å²) in [5, 5.41) is 0. The van der Waals surface area contributed by atoms with Gasteiger partial charge in [-0.05, 0) is 4.92 Å². The van der Waals surface area contributed by atoms with Crippen molar-refractivity contribution in [3.05, 3.63) is 0 Å². The average molecular weight is 232 g/mol. The highest BCUT2D eigenvalue weighted by molar-refractivity contribution is 14.1. The number of nitrogens with zero attached hydrogens (tertiary/aromatic N) is 1. The van der Waals surface area contributed by atoms with Crippen molar-refractivity contribution in [2.45, 2.75) is 0 Å². The van der Waals surface area contributed by atoms with Gasteiger partial charge in [0, 0.05) is 7.05 Å². The van der Waals surface area contributed by atoms with Crippen LogP contribution in [0.4, 0.5) is 0 Å². The minimum atomic E-state index is -0.344. The van der Waals surface area contributed by atoms with Crippen molar-refractivity contribution in [1.29, 1.82) is 0 Å². The van der Waals surface area contributed by atoms with Crippen LogP contribution < -0.4 is 22.5 Å². The van der Waals surface area contributed by atoms with Gasteiger partial charge in [-0.1, -0.05) is 28.0 Å². The second-order valence-corrected chi connectivity index (χ2v) is 2.06. The van der Waals surface area contributed by atoms with Gasteiger partial charge in [0.05, 0.1) is 0 Å². The van der Waals surface area contributed by atoms with Gasteiger partial charge < -0.3 is 0 Å². The van der Waals surface area contributed by atoms with Crippen molar-refractivity contribution in [2.24, 2.45) is 11.7 Å². The Morgan fingerprint density at radius 1 is 1.62 bits per heavy atom. The number of nitrogens with two attached hydrogens (primary N) is 2. The monoisotopic (exact) mass is 232 g/mol. The van der Waals surface area contributed by atoms with Gasteiger partial charge in [-0.3, -0.25) is 0 Å². The quantitative estimate of drug-likeness (QED) is 0.120. The minimum Gasteiger partial charge on any atom is -0.121 e. The lowest BCUT2D eigenvalue weighted by molar-refractivity contribution is -1.03. The van der Waals surface area contributed by atoms with Gasteiger partial charge in [-0.25, -0.2) is 0 Å². The maximum absolute atomic E-state index is 5.31. The third kappa shape index (κ3) is 3.52. The largest absolute Gasteiger partial charge is 0.121 e. The molecule has 5 nitrogen and oxygen atoms in total. The SMILES string of the molecule is CN[N+](N)(N)NCI. The van der Waals surface area contributed by atoms with E-state index in [0.717, 1.165) is 0 Å². The lowest BCUT2D eigenvalue weighted by atomic mass is 11.4. The smallest absolute Gasteiger partial charge is 0.102 e. The second kappa shape index (κ2) is 3.54. The molecular formula is C2H11IN5+. The zero-order chi connectivity index (χ0) is 6.62. The van der Waals surface area contributed by atoms with Crippen LogP contribution in [0.5, 0.6) is 0 Å². The van der Waals surface area contributed by atoms with E-state index in [0.29, 0.717) is 4.55 Å². The van der Waals surface area contributed by atoms with Crippen LogP contribution in [0.15, 0.2) is 0 Å². The van der Waals surface area contributed by atoms with Crippen molar-refractivity contribution in [3.8, 4) is 0 Å². The fourth-order valence-electron chi connectivity index (χ4n) is 0.178. The predicted octanol–water partition coefficient (Wildman–Crippen LogP) is -1.42. The molecule has 0 saturated carbocycles. The third-order valence-corrected chi connectivity index (χ3v) is 1.03. The lowest BCUT2D eigenvalue weighted by Crippen LogP contribution is -2.74. The Labute approximate surface area is 62.0 Å². The number of quaternary nitrogens is 1. The molecule has 0 aromatic carbocycles. The highest BCUT2D eigenvalue weighted by Gasteiger charge is 2.10. The third-order valence-electron chi connectivity index (χ3n) is 0.691. The molecule has 8 heavy (non-hydrogen) atoms. The first-order valence-electron chi connectivity index (χ1n) is 2.08. The van der Waals surface area contributed by atoms with E-state index in [1.807, 2.05) is 0 Å². The van der Waals surface area contributed by atoms with Crippen LogP contribution in [0, 0.1) is 0 Å². The Morgan fingerprint density at radius 3 is 2.25 bits per heavy atom. The van der Waals surface area contributed by atoms with Crippen molar-refractivity contribution >= 4 is 22.6 Å². The summed E-state index contributed by atoms with van der Waals surface area (Å²) in [4.78, 5) is -0.344. The number of nitrogens with one attached hydrogen (secondary N) is 2. The Morgan fingerprint density at radius 2 is 2.12 bits per heavy atom. The molecule has 0 bridgehead atoms. The predicted molar refractivity (Wildman–Crippen MR) is 39.7 cm³/mol. The Balaban J connectivity index is 3.37. The normalized spacial score (nSPS) is 12.0. The van der Waals surface area contributed by atoms with Crippen LogP contribution in [-0.2, 0) is 0 Å². The molecular weight excluding hydrogens is 221 g/mol. The summed E-state index contributed by atoms with van der Waals surface area (Å²) in [6.07, 6.45) is 0. The number of hydrogen-bond acceptors (Lipinski definition) is 4. The second-order valence-electron chi connectivity index (χ2n) is 1.29. The maximum Gasteiger partial charge on any atom is 0.102 e. The summed E-state index contributed by atoms with van der Waals surface area (Å²) in [7, 11) is 1.67. The zero-order valence-electron chi connectivity index (χ0n) is 4.69. The van der Waals surface area contributed by atoms with Crippen molar-refractivity contribution < 1.29 is 4.92 Å². The summed E-state index contributed by atoms with van der Waals surface area (Å²) in [5.74, 6) is 10.6. The van der Waals surface area contributed by atoms with E-state index in [1.165, 1.54) is 0 Å². The molecule has 50 valence electrons. The summed E-state index contributed by atoms with van der Waals surface area (Å²) in [5.41, 5.74) is 5.36. The van der Waals surface area contributed by atoms with Crippen LogP contribution in [0.25, 0.3) is 0 Å². The summed E-state index contributed by atoms with van der Waals surface area (Å²) in [6, 6.07) is 0. The van der Waals surface area contributed by atoms with Crippen LogP contribution in [-0.4, -0.2) is 16.5 Å². The van der Waals surface area contributed by atoms with E-state index in [1.54, 1.807) is 7.05 Å². The topological polar surface area (TPSA) is 76.1 Å². The first-order chi connectivity index (χ1) is 3.62. The minimum absolute atomic E-state index is 0.344. The van der Waals surface area contributed by atoms with E-state index in [2.05, 4.69) is 33.4 Å². The van der Waals surface area contributed by atoms with Crippen molar-refractivity contribution in [2.75, 3.05) is 11.6 Å². The molecule has 0 radical (unpaired) electrons. The van der Waals surface area contributed by atoms with Crippen LogP contribution in [0.3, 0.4) is 0 Å². The van der Waals surface area contributed by atoms with E-state index < -0.39 is 0 Å².